The van der Waals surface area contributed by atoms with Crippen LogP contribution in [0.3, 0.4) is 0 Å². The number of hydrogen-bond donors (Lipinski definition) is 3. The van der Waals surface area contributed by atoms with Gasteiger partial charge in [-0.15, -0.1) is 0 Å². The predicted octanol–water partition coefficient (Wildman–Crippen LogP) is 3.66. The Morgan fingerprint density at radius 2 is 1.57 bits per heavy atom. The quantitative estimate of drug-likeness (QED) is 0.423. The Labute approximate surface area is 134 Å². The van der Waals surface area contributed by atoms with Crippen molar-refractivity contribution in [1.82, 2.24) is 16.2 Å². The highest BCUT2D eigenvalue weighted by molar-refractivity contribution is 7.80. The molecule has 0 bridgehead atoms. The summed E-state index contributed by atoms with van der Waals surface area (Å²) in [5.41, 5.74) is 5.68. The smallest absolute Gasteiger partial charge is 0.182 e. The molecule has 1 saturated carbocycles. The van der Waals surface area contributed by atoms with Crippen LogP contribution in [0.25, 0.3) is 0 Å². The maximum absolute atomic E-state index is 5.40. The summed E-state index contributed by atoms with van der Waals surface area (Å²) in [5, 5.41) is 13.1. The van der Waals surface area contributed by atoms with Gasteiger partial charge in [0.25, 0.3) is 0 Å². The molecular formula is C15H31N5S. The van der Waals surface area contributed by atoms with Crippen LogP contribution in [0.4, 0.5) is 0 Å². The fourth-order valence-electron chi connectivity index (χ4n) is 2.12. The summed E-state index contributed by atoms with van der Waals surface area (Å²) in [7, 11) is 0. The van der Waals surface area contributed by atoms with Crippen molar-refractivity contribution < 1.29 is 0 Å². The van der Waals surface area contributed by atoms with Crippen molar-refractivity contribution in [1.29, 1.82) is 0 Å². The zero-order chi connectivity index (χ0) is 16.1. The van der Waals surface area contributed by atoms with E-state index in [1.54, 1.807) is 0 Å². The number of nitrogens with one attached hydrogen (secondary N) is 3. The van der Waals surface area contributed by atoms with E-state index >= 15 is 0 Å². The minimum atomic E-state index is -0.352. The standard InChI is InChI=1S/C15H31N5S/c1-13(2,3)18-17-12(21)16-15(10-8-7-9-11-15)20-19-14(4,5)6/h18H,7-11H2,1-6H3,(H2,16,17,21). The summed E-state index contributed by atoms with van der Waals surface area (Å²) in [4.78, 5) is 0. The zero-order valence-electron chi connectivity index (χ0n) is 14.3. The van der Waals surface area contributed by atoms with Crippen molar-refractivity contribution in [2.24, 2.45) is 10.2 Å². The van der Waals surface area contributed by atoms with E-state index in [4.69, 9.17) is 12.2 Å². The van der Waals surface area contributed by atoms with Crippen LogP contribution in [0.5, 0.6) is 0 Å². The molecule has 3 N–H and O–H groups in total. The summed E-state index contributed by atoms with van der Waals surface area (Å²) in [6.07, 6.45) is 5.53. The Morgan fingerprint density at radius 3 is 2.05 bits per heavy atom. The molecule has 0 radical (unpaired) electrons. The van der Waals surface area contributed by atoms with Gasteiger partial charge in [-0.05, 0) is 79.4 Å². The number of hydrazine groups is 1. The number of hydrogen-bond acceptors (Lipinski definition) is 4. The highest BCUT2D eigenvalue weighted by Crippen LogP contribution is 2.30. The molecule has 1 fully saturated rings. The largest absolute Gasteiger partial charge is 0.336 e. The van der Waals surface area contributed by atoms with Crippen LogP contribution in [-0.2, 0) is 0 Å². The lowest BCUT2D eigenvalue weighted by Crippen LogP contribution is -2.57. The van der Waals surface area contributed by atoms with E-state index in [2.05, 4.69) is 67.9 Å². The van der Waals surface area contributed by atoms with Crippen molar-refractivity contribution >= 4 is 17.3 Å². The number of nitrogens with zero attached hydrogens (tertiary/aromatic N) is 2. The first-order valence-electron chi connectivity index (χ1n) is 7.81. The summed E-state index contributed by atoms with van der Waals surface area (Å²) in [6.45, 7) is 12.4. The van der Waals surface area contributed by atoms with Gasteiger partial charge < -0.3 is 5.32 Å². The van der Waals surface area contributed by atoms with E-state index < -0.39 is 0 Å². The van der Waals surface area contributed by atoms with E-state index in [0.717, 1.165) is 25.7 Å². The number of rotatable bonds is 3. The van der Waals surface area contributed by atoms with Crippen LogP contribution in [0.2, 0.25) is 0 Å². The lowest BCUT2D eigenvalue weighted by Gasteiger charge is -2.35. The second-order valence-electron chi connectivity index (χ2n) is 7.92. The third-order valence-electron chi connectivity index (χ3n) is 3.12. The first kappa shape index (κ1) is 18.3. The average Bonchev–Trinajstić information content (AvgIpc) is 2.34. The molecule has 6 heteroatoms. The molecule has 0 saturated heterocycles. The molecule has 0 aromatic rings. The topological polar surface area (TPSA) is 60.8 Å². The van der Waals surface area contributed by atoms with Gasteiger partial charge in [0.1, 0.15) is 0 Å². The van der Waals surface area contributed by atoms with Gasteiger partial charge in [-0.3, -0.25) is 5.43 Å². The molecule has 0 spiro atoms. The van der Waals surface area contributed by atoms with Gasteiger partial charge in [0.05, 0.1) is 5.54 Å². The monoisotopic (exact) mass is 313 g/mol. The van der Waals surface area contributed by atoms with E-state index in [1.165, 1.54) is 6.42 Å². The SMILES string of the molecule is CC(C)(C)N=NC1(NC(=S)NNC(C)(C)C)CCCCC1. The van der Waals surface area contributed by atoms with Crippen LogP contribution in [0.15, 0.2) is 10.2 Å². The summed E-state index contributed by atoms with van der Waals surface area (Å²) in [5.74, 6) is 0. The minimum Gasteiger partial charge on any atom is -0.336 e. The Hall–Kier alpha value is -0.750. The van der Waals surface area contributed by atoms with Crippen molar-refractivity contribution in [3.63, 3.8) is 0 Å². The third kappa shape index (κ3) is 7.71. The first-order valence-corrected chi connectivity index (χ1v) is 8.22. The first-order chi connectivity index (χ1) is 9.52. The molecule has 0 heterocycles. The van der Waals surface area contributed by atoms with E-state index in [9.17, 15) is 0 Å². The normalized spacial score (nSPS) is 19.5. The molecule has 1 rings (SSSR count). The molecule has 0 unspecified atom stereocenters. The predicted molar refractivity (Wildman–Crippen MR) is 92.2 cm³/mol. The van der Waals surface area contributed by atoms with E-state index in [-0.39, 0.29) is 16.7 Å². The Kier molecular flexibility index (Phi) is 6.11. The molecule has 1 aliphatic carbocycles. The molecule has 0 amide bonds. The molecule has 1 aliphatic rings. The van der Waals surface area contributed by atoms with Crippen molar-refractivity contribution in [3.05, 3.63) is 0 Å². The molecule has 0 aromatic heterocycles. The lowest BCUT2D eigenvalue weighted by molar-refractivity contribution is 0.252. The zero-order valence-corrected chi connectivity index (χ0v) is 15.2. The van der Waals surface area contributed by atoms with Crippen molar-refractivity contribution in [2.75, 3.05) is 0 Å². The molecular weight excluding hydrogens is 282 g/mol. The fourth-order valence-corrected chi connectivity index (χ4v) is 2.36. The Balaban J connectivity index is 2.70. The van der Waals surface area contributed by atoms with Crippen molar-refractivity contribution in [2.45, 2.75) is 90.4 Å². The number of thiocarbonyl (C=S) groups is 1. The van der Waals surface area contributed by atoms with Gasteiger partial charge in [-0.2, -0.15) is 10.2 Å². The second-order valence-corrected chi connectivity index (χ2v) is 8.33. The molecule has 5 nitrogen and oxygen atoms in total. The van der Waals surface area contributed by atoms with E-state index in [0.29, 0.717) is 5.11 Å². The van der Waals surface area contributed by atoms with Crippen LogP contribution in [-0.4, -0.2) is 21.9 Å². The molecule has 122 valence electrons. The molecule has 0 atom stereocenters. The van der Waals surface area contributed by atoms with Gasteiger partial charge in [0, 0.05) is 5.54 Å². The number of azo groups is 1. The van der Waals surface area contributed by atoms with E-state index in [1.807, 2.05) is 0 Å². The molecule has 0 aromatic carbocycles. The maximum atomic E-state index is 5.40. The second kappa shape index (κ2) is 7.01. The van der Waals surface area contributed by atoms with Gasteiger partial charge >= 0.3 is 0 Å². The van der Waals surface area contributed by atoms with Crippen LogP contribution in [0, 0.1) is 0 Å². The third-order valence-corrected chi connectivity index (χ3v) is 3.32. The highest BCUT2D eigenvalue weighted by atomic mass is 32.1. The van der Waals surface area contributed by atoms with Gasteiger partial charge in [-0.1, -0.05) is 6.42 Å². The average molecular weight is 314 g/mol. The van der Waals surface area contributed by atoms with Gasteiger partial charge in [0.2, 0.25) is 0 Å². The molecule has 0 aliphatic heterocycles. The van der Waals surface area contributed by atoms with Gasteiger partial charge in [0.15, 0.2) is 10.8 Å². The van der Waals surface area contributed by atoms with Crippen LogP contribution >= 0.6 is 12.2 Å². The molecule has 21 heavy (non-hydrogen) atoms. The summed E-state index contributed by atoms with van der Waals surface area (Å²) in [6, 6.07) is 0. The summed E-state index contributed by atoms with van der Waals surface area (Å²) < 4.78 is 0. The lowest BCUT2D eigenvalue weighted by atomic mass is 9.90. The fraction of sp³-hybridized carbons (Fsp3) is 0.933. The minimum absolute atomic E-state index is 0.0433. The summed E-state index contributed by atoms with van der Waals surface area (Å²) >= 11 is 5.40. The van der Waals surface area contributed by atoms with Crippen LogP contribution in [0.1, 0.15) is 73.6 Å². The Morgan fingerprint density at radius 1 is 1.00 bits per heavy atom. The van der Waals surface area contributed by atoms with Crippen molar-refractivity contribution in [3.8, 4) is 0 Å². The van der Waals surface area contributed by atoms with Gasteiger partial charge in [-0.25, -0.2) is 5.43 Å². The Bertz CT molecular complexity index is 373. The highest BCUT2D eigenvalue weighted by Gasteiger charge is 2.33. The maximum Gasteiger partial charge on any atom is 0.182 e. The van der Waals surface area contributed by atoms with Crippen LogP contribution < -0.4 is 16.2 Å².